The molecule has 0 spiro atoms. The van der Waals surface area contributed by atoms with E-state index in [-0.39, 0.29) is 17.2 Å². The van der Waals surface area contributed by atoms with E-state index in [4.69, 9.17) is 0 Å². The van der Waals surface area contributed by atoms with E-state index in [1.54, 1.807) is 6.92 Å². The molecular formula is C22H35N3O2. The fraction of sp³-hybridized carbons (Fsp3) is 0.636. The van der Waals surface area contributed by atoms with Gasteiger partial charge in [0.2, 0.25) is 5.91 Å². The van der Waals surface area contributed by atoms with Gasteiger partial charge < -0.3 is 15.5 Å². The fourth-order valence-electron chi connectivity index (χ4n) is 3.32. The summed E-state index contributed by atoms with van der Waals surface area (Å²) >= 11 is 0. The van der Waals surface area contributed by atoms with E-state index in [1.807, 2.05) is 24.3 Å². The number of hydrogen-bond donors (Lipinski definition) is 2. The second-order valence-corrected chi connectivity index (χ2v) is 8.57. The van der Waals surface area contributed by atoms with E-state index in [1.165, 1.54) is 37.9 Å². The van der Waals surface area contributed by atoms with Crippen LogP contribution in [0.4, 0.5) is 0 Å². The van der Waals surface area contributed by atoms with Gasteiger partial charge in [0.25, 0.3) is 5.91 Å². The quantitative estimate of drug-likeness (QED) is 0.722. The summed E-state index contributed by atoms with van der Waals surface area (Å²) in [5, 5.41) is 5.71. The molecule has 1 saturated heterocycles. The van der Waals surface area contributed by atoms with Gasteiger partial charge in [-0.15, -0.1) is 0 Å². The zero-order valence-electron chi connectivity index (χ0n) is 17.3. The summed E-state index contributed by atoms with van der Waals surface area (Å²) in [5.41, 5.74) is 1.81. The number of nitrogens with one attached hydrogen (secondary N) is 2. The number of rotatable bonds is 7. The summed E-state index contributed by atoms with van der Waals surface area (Å²) in [6.45, 7) is 12.2. The lowest BCUT2D eigenvalue weighted by atomic mass is 9.86. The van der Waals surface area contributed by atoms with Crippen LogP contribution in [0.5, 0.6) is 0 Å². The monoisotopic (exact) mass is 373 g/mol. The molecule has 1 aromatic rings. The van der Waals surface area contributed by atoms with E-state index in [0.29, 0.717) is 12.1 Å². The van der Waals surface area contributed by atoms with E-state index < -0.39 is 6.04 Å². The maximum Gasteiger partial charge on any atom is 0.251 e. The number of amides is 2. The van der Waals surface area contributed by atoms with Crippen molar-refractivity contribution in [2.45, 2.75) is 64.8 Å². The zero-order chi connectivity index (χ0) is 19.9. The van der Waals surface area contributed by atoms with Crippen molar-refractivity contribution >= 4 is 11.8 Å². The van der Waals surface area contributed by atoms with Gasteiger partial charge in [-0.3, -0.25) is 9.59 Å². The van der Waals surface area contributed by atoms with Crippen LogP contribution >= 0.6 is 0 Å². The molecule has 0 aromatic heterocycles. The van der Waals surface area contributed by atoms with Crippen molar-refractivity contribution in [1.29, 1.82) is 0 Å². The molecule has 1 atom stereocenters. The molecule has 1 aliphatic rings. The Labute approximate surface area is 163 Å². The highest BCUT2D eigenvalue weighted by Gasteiger charge is 2.18. The molecule has 27 heavy (non-hydrogen) atoms. The fourth-order valence-corrected chi connectivity index (χ4v) is 3.32. The Morgan fingerprint density at radius 1 is 1.07 bits per heavy atom. The Balaban J connectivity index is 1.72. The first-order chi connectivity index (χ1) is 12.8. The lowest BCUT2D eigenvalue weighted by Gasteiger charge is -2.26. The Morgan fingerprint density at radius 3 is 2.30 bits per heavy atom. The average Bonchev–Trinajstić information content (AvgIpc) is 2.65. The van der Waals surface area contributed by atoms with Gasteiger partial charge in [0.1, 0.15) is 6.04 Å². The maximum absolute atomic E-state index is 12.4. The van der Waals surface area contributed by atoms with Crippen molar-refractivity contribution in [3.8, 4) is 0 Å². The third kappa shape index (κ3) is 6.98. The van der Waals surface area contributed by atoms with Crippen LogP contribution in [0.25, 0.3) is 0 Å². The number of benzene rings is 1. The van der Waals surface area contributed by atoms with E-state index in [9.17, 15) is 9.59 Å². The van der Waals surface area contributed by atoms with Crippen LogP contribution in [0, 0.1) is 0 Å². The summed E-state index contributed by atoms with van der Waals surface area (Å²) < 4.78 is 0. The van der Waals surface area contributed by atoms with Gasteiger partial charge in [-0.05, 0) is 68.9 Å². The summed E-state index contributed by atoms with van der Waals surface area (Å²) in [7, 11) is 0. The van der Waals surface area contributed by atoms with Crippen LogP contribution in [0.15, 0.2) is 24.3 Å². The Hall–Kier alpha value is -1.88. The third-order valence-electron chi connectivity index (χ3n) is 5.15. The third-order valence-corrected chi connectivity index (χ3v) is 5.15. The predicted molar refractivity (Wildman–Crippen MR) is 110 cm³/mol. The van der Waals surface area contributed by atoms with Crippen molar-refractivity contribution in [2.24, 2.45) is 0 Å². The molecular weight excluding hydrogens is 338 g/mol. The number of carbonyl (C=O) groups excluding carboxylic acids is 2. The topological polar surface area (TPSA) is 61.4 Å². The Kier molecular flexibility index (Phi) is 7.84. The molecule has 1 aromatic carbocycles. The van der Waals surface area contributed by atoms with Gasteiger partial charge in [-0.1, -0.05) is 39.3 Å². The van der Waals surface area contributed by atoms with Gasteiger partial charge in [-0.25, -0.2) is 0 Å². The standard InChI is InChI=1S/C22H35N3O2/c1-17(20(26)23-13-8-16-25-14-6-5-7-15-25)24-21(27)18-9-11-19(12-10-18)22(2,3)4/h9-12,17H,5-8,13-16H2,1-4H3,(H,23,26)(H,24,27). The van der Waals surface area contributed by atoms with Crippen molar-refractivity contribution in [1.82, 2.24) is 15.5 Å². The molecule has 2 rings (SSSR count). The molecule has 2 amide bonds. The van der Waals surface area contributed by atoms with Crippen LogP contribution in [0.2, 0.25) is 0 Å². The highest BCUT2D eigenvalue weighted by atomic mass is 16.2. The van der Waals surface area contributed by atoms with Crippen LogP contribution in [-0.2, 0) is 10.2 Å². The lowest BCUT2D eigenvalue weighted by Crippen LogP contribution is -2.45. The minimum Gasteiger partial charge on any atom is -0.354 e. The van der Waals surface area contributed by atoms with Crippen molar-refractivity contribution in [3.63, 3.8) is 0 Å². The molecule has 0 saturated carbocycles. The summed E-state index contributed by atoms with van der Waals surface area (Å²) in [4.78, 5) is 27.0. The van der Waals surface area contributed by atoms with Gasteiger partial charge in [0, 0.05) is 12.1 Å². The van der Waals surface area contributed by atoms with Gasteiger partial charge in [-0.2, -0.15) is 0 Å². The molecule has 2 N–H and O–H groups in total. The predicted octanol–water partition coefficient (Wildman–Crippen LogP) is 3.09. The van der Waals surface area contributed by atoms with Gasteiger partial charge >= 0.3 is 0 Å². The molecule has 150 valence electrons. The maximum atomic E-state index is 12.4. The summed E-state index contributed by atoms with van der Waals surface area (Å²) in [6, 6.07) is 7.04. The molecule has 0 aliphatic carbocycles. The smallest absolute Gasteiger partial charge is 0.251 e. The van der Waals surface area contributed by atoms with E-state index >= 15 is 0 Å². The number of likely N-dealkylation sites (tertiary alicyclic amines) is 1. The highest BCUT2D eigenvalue weighted by molar-refractivity contribution is 5.97. The zero-order valence-corrected chi connectivity index (χ0v) is 17.3. The van der Waals surface area contributed by atoms with Crippen LogP contribution in [-0.4, -0.2) is 48.9 Å². The van der Waals surface area contributed by atoms with Crippen molar-refractivity contribution in [3.05, 3.63) is 35.4 Å². The molecule has 5 nitrogen and oxygen atoms in total. The summed E-state index contributed by atoms with van der Waals surface area (Å²) in [6.07, 6.45) is 4.85. The number of piperidine rings is 1. The van der Waals surface area contributed by atoms with E-state index in [0.717, 1.165) is 13.0 Å². The number of nitrogens with zero attached hydrogens (tertiary/aromatic N) is 1. The highest BCUT2D eigenvalue weighted by Crippen LogP contribution is 2.22. The molecule has 0 bridgehead atoms. The first-order valence-electron chi connectivity index (χ1n) is 10.2. The lowest BCUT2D eigenvalue weighted by molar-refractivity contribution is -0.122. The molecule has 0 radical (unpaired) electrons. The Morgan fingerprint density at radius 2 is 1.70 bits per heavy atom. The van der Waals surface area contributed by atoms with Gasteiger partial charge in [0.15, 0.2) is 0 Å². The normalized spacial score (nSPS) is 16.6. The molecule has 1 fully saturated rings. The minimum absolute atomic E-state index is 0.0520. The largest absolute Gasteiger partial charge is 0.354 e. The first kappa shape index (κ1) is 21.4. The van der Waals surface area contributed by atoms with Crippen molar-refractivity contribution in [2.75, 3.05) is 26.2 Å². The molecule has 1 aliphatic heterocycles. The van der Waals surface area contributed by atoms with Crippen LogP contribution in [0.1, 0.15) is 69.3 Å². The summed E-state index contributed by atoms with van der Waals surface area (Å²) in [5.74, 6) is -0.347. The molecule has 5 heteroatoms. The number of hydrogen-bond acceptors (Lipinski definition) is 3. The Bertz CT molecular complexity index is 613. The second kappa shape index (κ2) is 9.88. The van der Waals surface area contributed by atoms with Crippen LogP contribution in [0.3, 0.4) is 0 Å². The second-order valence-electron chi connectivity index (χ2n) is 8.57. The van der Waals surface area contributed by atoms with Crippen molar-refractivity contribution < 1.29 is 9.59 Å². The van der Waals surface area contributed by atoms with Crippen LogP contribution < -0.4 is 10.6 Å². The molecule has 1 heterocycles. The van der Waals surface area contributed by atoms with E-state index in [2.05, 4.69) is 36.3 Å². The average molecular weight is 374 g/mol. The first-order valence-corrected chi connectivity index (χ1v) is 10.2. The minimum atomic E-state index is -0.547. The molecule has 1 unspecified atom stereocenters. The number of carbonyl (C=O) groups is 2. The SMILES string of the molecule is CC(NC(=O)c1ccc(C(C)(C)C)cc1)C(=O)NCCCN1CCCCC1. The van der Waals surface area contributed by atoms with Gasteiger partial charge in [0.05, 0.1) is 0 Å².